The Hall–Kier alpha value is -1.78. The van der Waals surface area contributed by atoms with Crippen molar-refractivity contribution in [3.63, 3.8) is 0 Å². The summed E-state index contributed by atoms with van der Waals surface area (Å²) in [5, 5.41) is 2.65. The predicted molar refractivity (Wildman–Crippen MR) is 45.3 cm³/mol. The first-order valence-electron chi connectivity index (χ1n) is 3.97. The minimum absolute atomic E-state index is 0.231. The van der Waals surface area contributed by atoms with E-state index in [1.54, 1.807) is 16.8 Å². The normalized spacial score (nSPS) is 14.9. The van der Waals surface area contributed by atoms with E-state index in [1.165, 1.54) is 0 Å². The van der Waals surface area contributed by atoms with Gasteiger partial charge in [0.25, 0.3) is 11.8 Å². The molecule has 2 heterocycles. The fraction of sp³-hybridized carbons (Fsp3) is 0.250. The highest BCUT2D eigenvalue weighted by molar-refractivity contribution is 6.06. The van der Waals surface area contributed by atoms with Gasteiger partial charge in [-0.3, -0.25) is 9.59 Å². The van der Waals surface area contributed by atoms with Gasteiger partial charge in [-0.05, 0) is 6.07 Å². The Balaban J connectivity index is 2.56. The highest BCUT2D eigenvalue weighted by Gasteiger charge is 2.22. The zero-order valence-electron chi connectivity index (χ0n) is 6.91. The van der Waals surface area contributed by atoms with Gasteiger partial charge in [-0.1, -0.05) is 0 Å². The SMILES string of the molecule is NC(=O)c1ccn2c1C(=O)NCC2. The third-order valence-corrected chi connectivity index (χ3v) is 2.08. The molecule has 2 amide bonds. The average Bonchev–Trinajstić information content (AvgIpc) is 2.49. The molecule has 0 saturated carbocycles. The largest absolute Gasteiger partial charge is 0.366 e. The number of nitrogens with two attached hydrogens (primary N) is 1. The van der Waals surface area contributed by atoms with Crippen LogP contribution in [-0.4, -0.2) is 22.9 Å². The molecule has 1 aliphatic rings. The van der Waals surface area contributed by atoms with Gasteiger partial charge in [-0.25, -0.2) is 0 Å². The van der Waals surface area contributed by atoms with Crippen LogP contribution in [0.4, 0.5) is 0 Å². The zero-order valence-corrected chi connectivity index (χ0v) is 6.91. The number of aromatic nitrogens is 1. The highest BCUT2D eigenvalue weighted by atomic mass is 16.2. The first kappa shape index (κ1) is 7.85. The molecule has 1 aliphatic heterocycles. The number of primary amides is 1. The van der Waals surface area contributed by atoms with Gasteiger partial charge >= 0.3 is 0 Å². The summed E-state index contributed by atoms with van der Waals surface area (Å²) in [5.41, 5.74) is 5.78. The van der Waals surface area contributed by atoms with Crippen molar-refractivity contribution in [2.24, 2.45) is 5.73 Å². The number of nitrogens with zero attached hydrogens (tertiary/aromatic N) is 1. The van der Waals surface area contributed by atoms with Gasteiger partial charge in [0.05, 0.1) is 5.56 Å². The Labute approximate surface area is 74.5 Å². The molecule has 0 atom stereocenters. The molecule has 0 fully saturated rings. The summed E-state index contributed by atoms with van der Waals surface area (Å²) in [7, 11) is 0. The van der Waals surface area contributed by atoms with Crippen molar-refractivity contribution in [3.05, 3.63) is 23.5 Å². The third kappa shape index (κ3) is 1.09. The molecule has 2 rings (SSSR count). The quantitative estimate of drug-likeness (QED) is 0.599. The fourth-order valence-electron chi connectivity index (χ4n) is 1.48. The standard InChI is InChI=1S/C8H9N3O2/c9-7(12)5-1-3-11-4-2-10-8(13)6(5)11/h1,3H,2,4H2,(H2,9,12)(H,10,13). The van der Waals surface area contributed by atoms with E-state index in [9.17, 15) is 9.59 Å². The summed E-state index contributed by atoms with van der Waals surface area (Å²) in [4.78, 5) is 22.2. The maximum atomic E-state index is 11.3. The molecule has 0 bridgehead atoms. The topological polar surface area (TPSA) is 77.1 Å². The summed E-state index contributed by atoms with van der Waals surface area (Å²) in [6, 6.07) is 1.57. The van der Waals surface area contributed by atoms with Gasteiger partial charge < -0.3 is 15.6 Å². The van der Waals surface area contributed by atoms with Crippen LogP contribution < -0.4 is 11.1 Å². The molecule has 1 aromatic heterocycles. The number of fused-ring (bicyclic) bond motifs is 1. The molecule has 5 heteroatoms. The zero-order chi connectivity index (χ0) is 9.42. The predicted octanol–water partition coefficient (Wildman–Crippen LogP) is -0.670. The van der Waals surface area contributed by atoms with Gasteiger partial charge in [0.1, 0.15) is 5.69 Å². The van der Waals surface area contributed by atoms with E-state index in [0.29, 0.717) is 18.8 Å². The second-order valence-electron chi connectivity index (χ2n) is 2.89. The van der Waals surface area contributed by atoms with Crippen LogP contribution in [-0.2, 0) is 6.54 Å². The number of amides is 2. The first-order valence-corrected chi connectivity index (χ1v) is 3.97. The van der Waals surface area contributed by atoms with Crippen LogP contribution >= 0.6 is 0 Å². The van der Waals surface area contributed by atoms with E-state index in [4.69, 9.17) is 5.73 Å². The highest BCUT2D eigenvalue weighted by Crippen LogP contribution is 2.12. The average molecular weight is 179 g/mol. The maximum Gasteiger partial charge on any atom is 0.268 e. The van der Waals surface area contributed by atoms with E-state index < -0.39 is 5.91 Å². The van der Waals surface area contributed by atoms with Crippen LogP contribution in [0, 0.1) is 0 Å². The van der Waals surface area contributed by atoms with Crippen molar-refractivity contribution in [2.75, 3.05) is 6.54 Å². The molecule has 5 nitrogen and oxygen atoms in total. The summed E-state index contributed by atoms with van der Waals surface area (Å²) in [5.74, 6) is -0.796. The Morgan fingerprint density at radius 3 is 3.08 bits per heavy atom. The summed E-state index contributed by atoms with van der Waals surface area (Å²) in [6.07, 6.45) is 1.70. The number of hydrogen-bond acceptors (Lipinski definition) is 2. The first-order chi connectivity index (χ1) is 6.20. The Kier molecular flexibility index (Phi) is 1.58. The Bertz CT molecular complexity index is 381. The third-order valence-electron chi connectivity index (χ3n) is 2.08. The van der Waals surface area contributed by atoms with Crippen LogP contribution in [0.1, 0.15) is 20.8 Å². The molecular weight excluding hydrogens is 170 g/mol. The molecule has 0 radical (unpaired) electrons. The molecule has 0 aliphatic carbocycles. The van der Waals surface area contributed by atoms with Crippen molar-refractivity contribution in [1.82, 2.24) is 9.88 Å². The Morgan fingerprint density at radius 2 is 2.38 bits per heavy atom. The molecule has 1 aromatic rings. The lowest BCUT2D eigenvalue weighted by molar-refractivity contribution is 0.0913. The summed E-state index contributed by atoms with van der Waals surface area (Å²) >= 11 is 0. The van der Waals surface area contributed by atoms with E-state index in [1.807, 2.05) is 0 Å². The van der Waals surface area contributed by atoms with E-state index >= 15 is 0 Å². The monoisotopic (exact) mass is 179 g/mol. The minimum atomic E-state index is -0.564. The number of carbonyl (C=O) groups excluding carboxylic acids is 2. The summed E-state index contributed by atoms with van der Waals surface area (Å²) in [6.45, 7) is 1.28. The van der Waals surface area contributed by atoms with Crippen molar-refractivity contribution in [3.8, 4) is 0 Å². The van der Waals surface area contributed by atoms with Crippen molar-refractivity contribution >= 4 is 11.8 Å². The van der Waals surface area contributed by atoms with Gasteiger partial charge in [-0.2, -0.15) is 0 Å². The lowest BCUT2D eigenvalue weighted by Gasteiger charge is -2.16. The van der Waals surface area contributed by atoms with E-state index in [2.05, 4.69) is 5.32 Å². The number of hydrogen-bond donors (Lipinski definition) is 2. The van der Waals surface area contributed by atoms with Crippen LogP contribution in [0.25, 0.3) is 0 Å². The molecule has 0 saturated heterocycles. The van der Waals surface area contributed by atoms with Crippen LogP contribution in [0.2, 0.25) is 0 Å². The smallest absolute Gasteiger partial charge is 0.268 e. The molecule has 0 aromatic carbocycles. The Morgan fingerprint density at radius 1 is 1.62 bits per heavy atom. The lowest BCUT2D eigenvalue weighted by atomic mass is 10.2. The molecular formula is C8H9N3O2. The number of nitrogens with one attached hydrogen (secondary N) is 1. The second kappa shape index (κ2) is 2.62. The molecule has 68 valence electrons. The van der Waals surface area contributed by atoms with Crippen molar-refractivity contribution in [1.29, 1.82) is 0 Å². The molecule has 3 N–H and O–H groups in total. The van der Waals surface area contributed by atoms with Crippen LogP contribution in [0.15, 0.2) is 12.3 Å². The molecule has 0 unspecified atom stereocenters. The van der Waals surface area contributed by atoms with Crippen LogP contribution in [0.3, 0.4) is 0 Å². The molecule has 13 heavy (non-hydrogen) atoms. The van der Waals surface area contributed by atoms with Crippen molar-refractivity contribution in [2.45, 2.75) is 6.54 Å². The van der Waals surface area contributed by atoms with Gasteiger partial charge in [0.2, 0.25) is 0 Å². The van der Waals surface area contributed by atoms with Gasteiger partial charge in [0.15, 0.2) is 0 Å². The van der Waals surface area contributed by atoms with E-state index in [-0.39, 0.29) is 11.5 Å². The van der Waals surface area contributed by atoms with Gasteiger partial charge in [-0.15, -0.1) is 0 Å². The maximum absolute atomic E-state index is 11.3. The minimum Gasteiger partial charge on any atom is -0.366 e. The molecule has 0 spiro atoms. The summed E-state index contributed by atoms with van der Waals surface area (Å²) < 4.78 is 1.74. The van der Waals surface area contributed by atoms with Gasteiger partial charge in [0, 0.05) is 19.3 Å². The van der Waals surface area contributed by atoms with Crippen molar-refractivity contribution < 1.29 is 9.59 Å². The fourth-order valence-corrected chi connectivity index (χ4v) is 1.48. The van der Waals surface area contributed by atoms with Crippen LogP contribution in [0.5, 0.6) is 0 Å². The number of carbonyl (C=O) groups is 2. The van der Waals surface area contributed by atoms with E-state index in [0.717, 1.165) is 0 Å². The number of rotatable bonds is 1. The second-order valence-corrected chi connectivity index (χ2v) is 2.89. The lowest BCUT2D eigenvalue weighted by Crippen LogP contribution is -2.36.